The number of nitrogens with two attached hydrogens (primary N) is 1. The summed E-state index contributed by atoms with van der Waals surface area (Å²) in [6, 6.07) is 8.69. The van der Waals surface area contributed by atoms with Crippen molar-refractivity contribution >= 4 is 5.91 Å². The van der Waals surface area contributed by atoms with Gasteiger partial charge in [0.25, 0.3) is 5.91 Å². The fraction of sp³-hybridized carbons (Fsp3) is 0.368. The highest BCUT2D eigenvalue weighted by atomic mass is 19.4. The predicted molar refractivity (Wildman–Crippen MR) is 93.5 cm³/mol. The number of carbonyl (C=O) groups is 1. The van der Waals surface area contributed by atoms with Crippen molar-refractivity contribution in [1.82, 2.24) is 9.88 Å². The van der Waals surface area contributed by atoms with Crippen LogP contribution in [0.2, 0.25) is 0 Å². The standard InChI is InChI=1S/C19H20F3N3O2/c1-12-10-15(23)8-9-25(12)18(26)13-2-5-16(6-3-13)27-17-7-4-14(11-24-17)19(20,21)22/h2-7,11-12,15H,8-10,23H2,1H3/t12-,15-/m1/s1. The van der Waals surface area contributed by atoms with E-state index in [1.165, 1.54) is 0 Å². The number of ether oxygens (including phenoxy) is 1. The van der Waals surface area contributed by atoms with Crippen LogP contribution in [-0.4, -0.2) is 34.4 Å². The van der Waals surface area contributed by atoms with Gasteiger partial charge in [0.15, 0.2) is 0 Å². The lowest BCUT2D eigenvalue weighted by molar-refractivity contribution is -0.137. The third kappa shape index (κ3) is 4.57. The summed E-state index contributed by atoms with van der Waals surface area (Å²) in [6.07, 6.45) is -2.18. The second kappa shape index (κ2) is 7.56. The monoisotopic (exact) mass is 379 g/mol. The molecule has 8 heteroatoms. The first-order chi connectivity index (χ1) is 12.7. The van der Waals surface area contributed by atoms with E-state index >= 15 is 0 Å². The summed E-state index contributed by atoms with van der Waals surface area (Å²) < 4.78 is 43.1. The maximum absolute atomic E-state index is 12.6. The van der Waals surface area contributed by atoms with Crippen molar-refractivity contribution in [3.05, 3.63) is 53.7 Å². The van der Waals surface area contributed by atoms with E-state index in [4.69, 9.17) is 10.5 Å². The first-order valence-corrected chi connectivity index (χ1v) is 8.62. The molecule has 1 amide bonds. The summed E-state index contributed by atoms with van der Waals surface area (Å²) in [5, 5.41) is 0. The van der Waals surface area contributed by atoms with Gasteiger partial charge in [-0.25, -0.2) is 4.98 Å². The van der Waals surface area contributed by atoms with Gasteiger partial charge >= 0.3 is 6.18 Å². The Morgan fingerprint density at radius 2 is 1.93 bits per heavy atom. The van der Waals surface area contributed by atoms with Crippen molar-refractivity contribution in [2.24, 2.45) is 5.73 Å². The highest BCUT2D eigenvalue weighted by Gasteiger charge is 2.31. The van der Waals surface area contributed by atoms with Gasteiger partial charge in [0.05, 0.1) is 5.56 Å². The maximum Gasteiger partial charge on any atom is 0.417 e. The molecule has 5 nitrogen and oxygen atoms in total. The summed E-state index contributed by atoms with van der Waals surface area (Å²) >= 11 is 0. The maximum atomic E-state index is 12.6. The Morgan fingerprint density at radius 3 is 2.48 bits per heavy atom. The molecule has 27 heavy (non-hydrogen) atoms. The summed E-state index contributed by atoms with van der Waals surface area (Å²) in [5.41, 5.74) is 5.61. The number of hydrogen-bond acceptors (Lipinski definition) is 4. The number of carbonyl (C=O) groups excluding carboxylic acids is 1. The number of alkyl halides is 3. The Morgan fingerprint density at radius 1 is 1.22 bits per heavy atom. The first kappa shape index (κ1) is 19.2. The molecule has 0 unspecified atom stereocenters. The van der Waals surface area contributed by atoms with Crippen LogP contribution in [-0.2, 0) is 6.18 Å². The molecule has 1 aromatic carbocycles. The minimum Gasteiger partial charge on any atom is -0.439 e. The average Bonchev–Trinajstić information content (AvgIpc) is 2.61. The van der Waals surface area contributed by atoms with Crippen molar-refractivity contribution < 1.29 is 22.7 Å². The molecule has 0 bridgehead atoms. The first-order valence-electron chi connectivity index (χ1n) is 8.62. The SMILES string of the molecule is C[C@@H]1C[C@H](N)CCN1C(=O)c1ccc(Oc2ccc(C(F)(F)F)cn2)cc1. The fourth-order valence-corrected chi connectivity index (χ4v) is 3.07. The Labute approximate surface area is 154 Å². The zero-order chi connectivity index (χ0) is 19.6. The van der Waals surface area contributed by atoms with Crippen LogP contribution < -0.4 is 10.5 Å². The predicted octanol–water partition coefficient (Wildman–Crippen LogP) is 3.84. The van der Waals surface area contributed by atoms with E-state index in [9.17, 15) is 18.0 Å². The van der Waals surface area contributed by atoms with Crippen LogP contribution in [0.15, 0.2) is 42.6 Å². The molecule has 1 fully saturated rings. The molecule has 0 aliphatic carbocycles. The van der Waals surface area contributed by atoms with Crippen LogP contribution in [0.5, 0.6) is 11.6 Å². The van der Waals surface area contributed by atoms with Crippen LogP contribution >= 0.6 is 0 Å². The van der Waals surface area contributed by atoms with E-state index in [1.54, 1.807) is 29.2 Å². The van der Waals surface area contributed by atoms with Gasteiger partial charge in [-0.2, -0.15) is 13.2 Å². The molecule has 3 rings (SSSR count). The molecule has 1 aromatic heterocycles. The summed E-state index contributed by atoms with van der Waals surface area (Å²) in [6.45, 7) is 2.60. The van der Waals surface area contributed by atoms with Gasteiger partial charge in [-0.1, -0.05) is 0 Å². The second-order valence-electron chi connectivity index (χ2n) is 6.64. The summed E-state index contributed by atoms with van der Waals surface area (Å²) in [4.78, 5) is 18.1. The molecule has 2 atom stereocenters. The number of amides is 1. The topological polar surface area (TPSA) is 68.5 Å². The number of halogens is 3. The number of benzene rings is 1. The van der Waals surface area contributed by atoms with Gasteiger partial charge in [0.2, 0.25) is 5.88 Å². The van der Waals surface area contributed by atoms with Gasteiger partial charge in [0.1, 0.15) is 5.75 Å². The van der Waals surface area contributed by atoms with Gasteiger partial charge in [-0.15, -0.1) is 0 Å². The Kier molecular flexibility index (Phi) is 5.36. The minimum atomic E-state index is -4.44. The average molecular weight is 379 g/mol. The molecule has 0 radical (unpaired) electrons. The molecule has 2 aromatic rings. The second-order valence-corrected chi connectivity index (χ2v) is 6.64. The van der Waals surface area contributed by atoms with Crippen LogP contribution in [0.25, 0.3) is 0 Å². The summed E-state index contributed by atoms with van der Waals surface area (Å²) in [7, 11) is 0. The molecule has 1 aliphatic heterocycles. The molecule has 1 saturated heterocycles. The van der Waals surface area contributed by atoms with Gasteiger partial charge < -0.3 is 15.4 Å². The number of aromatic nitrogens is 1. The number of piperidine rings is 1. The number of pyridine rings is 1. The molecule has 2 heterocycles. The lowest BCUT2D eigenvalue weighted by Gasteiger charge is -2.36. The van der Waals surface area contributed by atoms with Crippen LogP contribution in [0, 0.1) is 0 Å². The van der Waals surface area contributed by atoms with Crippen molar-refractivity contribution in [3.63, 3.8) is 0 Å². The number of rotatable bonds is 3. The third-order valence-electron chi connectivity index (χ3n) is 4.56. The molecular weight excluding hydrogens is 359 g/mol. The lowest BCUT2D eigenvalue weighted by atomic mass is 9.98. The Balaban J connectivity index is 1.66. The quantitative estimate of drug-likeness (QED) is 0.880. The van der Waals surface area contributed by atoms with Gasteiger partial charge in [-0.05, 0) is 50.1 Å². The largest absolute Gasteiger partial charge is 0.439 e. The van der Waals surface area contributed by atoms with Gasteiger partial charge in [0, 0.05) is 36.5 Å². The molecule has 0 spiro atoms. The minimum absolute atomic E-state index is 0.0423. The number of hydrogen-bond donors (Lipinski definition) is 1. The molecule has 2 N–H and O–H groups in total. The molecule has 144 valence electrons. The Bertz CT molecular complexity index is 791. The van der Waals surface area contributed by atoms with E-state index < -0.39 is 11.7 Å². The van der Waals surface area contributed by atoms with Crippen LogP contribution in [0.1, 0.15) is 35.7 Å². The highest BCUT2D eigenvalue weighted by molar-refractivity contribution is 5.94. The van der Waals surface area contributed by atoms with Crippen molar-refractivity contribution in [2.45, 2.75) is 38.0 Å². The van der Waals surface area contributed by atoms with Crippen molar-refractivity contribution in [1.29, 1.82) is 0 Å². The third-order valence-corrected chi connectivity index (χ3v) is 4.56. The zero-order valence-corrected chi connectivity index (χ0v) is 14.7. The van der Waals surface area contributed by atoms with Crippen LogP contribution in [0.3, 0.4) is 0 Å². The van der Waals surface area contributed by atoms with Gasteiger partial charge in [-0.3, -0.25) is 4.79 Å². The van der Waals surface area contributed by atoms with E-state index in [0.717, 1.165) is 31.2 Å². The highest BCUT2D eigenvalue weighted by Crippen LogP contribution is 2.30. The van der Waals surface area contributed by atoms with Crippen molar-refractivity contribution in [2.75, 3.05) is 6.54 Å². The number of likely N-dealkylation sites (tertiary alicyclic amines) is 1. The normalized spacial score (nSPS) is 20.4. The van der Waals surface area contributed by atoms with E-state index in [1.807, 2.05) is 6.92 Å². The molecular formula is C19H20F3N3O2. The summed E-state index contributed by atoms with van der Waals surface area (Å²) in [5.74, 6) is 0.349. The van der Waals surface area contributed by atoms with E-state index in [-0.39, 0.29) is 23.9 Å². The lowest BCUT2D eigenvalue weighted by Crippen LogP contribution is -2.48. The van der Waals surface area contributed by atoms with Crippen LogP contribution in [0.4, 0.5) is 13.2 Å². The van der Waals surface area contributed by atoms with E-state index in [0.29, 0.717) is 17.9 Å². The van der Waals surface area contributed by atoms with Crippen molar-refractivity contribution in [3.8, 4) is 11.6 Å². The zero-order valence-electron chi connectivity index (χ0n) is 14.7. The fourth-order valence-electron chi connectivity index (χ4n) is 3.07. The Hall–Kier alpha value is -2.61. The number of nitrogens with zero attached hydrogens (tertiary/aromatic N) is 2. The smallest absolute Gasteiger partial charge is 0.417 e. The molecule has 1 aliphatic rings. The molecule has 0 saturated carbocycles. The van der Waals surface area contributed by atoms with E-state index in [2.05, 4.69) is 4.98 Å².